The number of carbonyl (C=O) groups excluding carboxylic acids is 3. The fourth-order valence-electron chi connectivity index (χ4n) is 6.73. The van der Waals surface area contributed by atoms with Crippen LogP contribution in [0.5, 0.6) is 5.75 Å². The molecule has 1 aromatic rings. The minimum atomic E-state index is -2.74. The van der Waals surface area contributed by atoms with Gasteiger partial charge >= 0.3 is 0 Å². The molecule has 1 aromatic carbocycles. The van der Waals surface area contributed by atoms with E-state index in [9.17, 15) is 34.8 Å². The maximum Gasteiger partial charge on any atom is 0.255 e. The summed E-state index contributed by atoms with van der Waals surface area (Å²) < 4.78 is 16.1. The van der Waals surface area contributed by atoms with E-state index in [0.717, 1.165) is 0 Å². The number of Topliss-reactive ketones (excluding diaryl/α,β-unsaturated/α-hetero) is 2. The minimum Gasteiger partial charge on any atom is -0.508 e. The molecule has 1 aliphatic heterocycles. The number of fused-ring (bicyclic) bond motifs is 4. The fourth-order valence-corrected chi connectivity index (χ4v) is 6.73. The Morgan fingerprint density at radius 2 is 1.95 bits per heavy atom. The molecule has 0 radical (unpaired) electrons. The molecule has 1 fully saturated rings. The number of anilines is 1. The van der Waals surface area contributed by atoms with Gasteiger partial charge in [0.25, 0.3) is 5.91 Å². The van der Waals surface area contributed by atoms with Crippen molar-refractivity contribution >= 4 is 28.9 Å². The first kappa shape index (κ1) is 26.1. The van der Waals surface area contributed by atoms with Gasteiger partial charge in [0.05, 0.1) is 17.3 Å². The monoisotopic (exact) mass is 530 g/mol. The third-order valence-corrected chi connectivity index (χ3v) is 8.44. The second-order valence-corrected chi connectivity index (χ2v) is 10.6. The number of aliphatic hydroxyl groups excluding tert-OH is 2. The van der Waals surface area contributed by atoms with E-state index in [2.05, 4.69) is 10.6 Å². The van der Waals surface area contributed by atoms with Gasteiger partial charge in [-0.3, -0.25) is 14.4 Å². The Bertz CT molecular complexity index is 1350. The van der Waals surface area contributed by atoms with Crippen LogP contribution in [-0.2, 0) is 20.8 Å². The highest BCUT2D eigenvalue weighted by molar-refractivity contribution is 6.24. The van der Waals surface area contributed by atoms with E-state index in [1.165, 1.54) is 0 Å². The largest absolute Gasteiger partial charge is 0.508 e. The lowest BCUT2D eigenvalue weighted by Gasteiger charge is -2.49. The molecule has 8 N–H and O–H groups in total. The van der Waals surface area contributed by atoms with Crippen LogP contribution < -0.4 is 16.4 Å². The molecule has 11 nitrogen and oxygen atoms in total. The molecule has 3 aliphatic carbocycles. The van der Waals surface area contributed by atoms with Crippen molar-refractivity contribution in [2.75, 3.05) is 32.5 Å². The van der Waals surface area contributed by atoms with Crippen LogP contribution in [0.3, 0.4) is 0 Å². The van der Waals surface area contributed by atoms with Crippen molar-refractivity contribution in [1.29, 1.82) is 0 Å². The van der Waals surface area contributed by atoms with Crippen molar-refractivity contribution < 1.29 is 39.2 Å². The first-order valence-corrected chi connectivity index (χ1v) is 12.6. The molecule has 0 aromatic heterocycles. The molecule has 1 unspecified atom stereocenters. The molecule has 0 bridgehead atoms. The predicted octanol–water partition coefficient (Wildman–Crippen LogP) is 0.569. The topological polar surface area (TPSA) is 185 Å². The van der Waals surface area contributed by atoms with Crippen molar-refractivity contribution in [1.82, 2.24) is 10.2 Å². The van der Waals surface area contributed by atoms with Crippen molar-refractivity contribution in [3.63, 3.8) is 0 Å². The van der Waals surface area contributed by atoms with Gasteiger partial charge in [-0.15, -0.1) is 0 Å². The number of aromatic hydroxyl groups is 1. The molecule has 4 aliphatic rings. The van der Waals surface area contributed by atoms with Gasteiger partial charge in [0, 0.05) is 35.2 Å². The van der Waals surface area contributed by atoms with Crippen molar-refractivity contribution in [2.24, 2.45) is 17.6 Å². The van der Waals surface area contributed by atoms with Crippen LogP contribution in [0, 0.1) is 17.7 Å². The van der Waals surface area contributed by atoms with Crippen LogP contribution in [0.4, 0.5) is 10.1 Å². The number of benzene rings is 1. The Morgan fingerprint density at radius 3 is 2.55 bits per heavy atom. The Labute approximate surface area is 217 Å². The normalized spacial score (nSPS) is 30.5. The Kier molecular flexibility index (Phi) is 6.04. The van der Waals surface area contributed by atoms with Gasteiger partial charge in [-0.05, 0) is 45.8 Å². The number of likely N-dealkylation sites (N-methyl/N-ethyl adjacent to an activating group) is 1. The van der Waals surface area contributed by atoms with Crippen LogP contribution in [0.1, 0.15) is 42.5 Å². The Hall–Kier alpha value is -3.48. The predicted molar refractivity (Wildman–Crippen MR) is 134 cm³/mol. The molecule has 0 saturated heterocycles. The smallest absolute Gasteiger partial charge is 0.255 e. The number of halogens is 1. The summed E-state index contributed by atoms with van der Waals surface area (Å²) in [5, 5.41) is 50.8. The average molecular weight is 531 g/mol. The van der Waals surface area contributed by atoms with Gasteiger partial charge in [-0.1, -0.05) is 6.92 Å². The maximum absolute atomic E-state index is 16.1. The van der Waals surface area contributed by atoms with Gasteiger partial charge in [0.2, 0.25) is 5.78 Å². The van der Waals surface area contributed by atoms with Gasteiger partial charge in [-0.2, -0.15) is 0 Å². The van der Waals surface area contributed by atoms with Crippen LogP contribution in [0.15, 0.2) is 16.9 Å². The Morgan fingerprint density at radius 1 is 1.26 bits per heavy atom. The molecule has 5 rings (SSSR count). The summed E-state index contributed by atoms with van der Waals surface area (Å²) in [6.45, 7) is 2.36. The molecule has 0 spiro atoms. The summed E-state index contributed by atoms with van der Waals surface area (Å²) in [7, 11) is 3.60. The molecule has 1 amide bonds. The van der Waals surface area contributed by atoms with Gasteiger partial charge in [0.1, 0.15) is 28.7 Å². The van der Waals surface area contributed by atoms with Gasteiger partial charge in [0.15, 0.2) is 11.4 Å². The minimum absolute atomic E-state index is 0.0287. The zero-order valence-corrected chi connectivity index (χ0v) is 21.3. The van der Waals surface area contributed by atoms with Crippen molar-refractivity contribution in [3.8, 4) is 5.75 Å². The average Bonchev–Trinajstić information content (AvgIpc) is 2.86. The zero-order valence-electron chi connectivity index (χ0n) is 21.3. The molecular weight excluding hydrogens is 499 g/mol. The zero-order chi connectivity index (χ0) is 27.8. The first-order valence-electron chi connectivity index (χ1n) is 12.6. The summed E-state index contributed by atoms with van der Waals surface area (Å²) >= 11 is 0. The number of phenolic OH excluding ortho intramolecular Hbond substituents is 1. The third kappa shape index (κ3) is 3.26. The van der Waals surface area contributed by atoms with Crippen LogP contribution in [-0.4, -0.2) is 81.6 Å². The molecular formula is C26H31FN4O7. The van der Waals surface area contributed by atoms with E-state index in [-0.39, 0.29) is 53.4 Å². The van der Waals surface area contributed by atoms with E-state index < -0.39 is 69.6 Å². The number of nitrogens with zero attached hydrogens (tertiary/aromatic N) is 1. The first-order chi connectivity index (χ1) is 17.9. The van der Waals surface area contributed by atoms with Gasteiger partial charge in [-0.25, -0.2) is 4.39 Å². The van der Waals surface area contributed by atoms with Gasteiger partial charge < -0.3 is 41.7 Å². The molecule has 1 saturated carbocycles. The van der Waals surface area contributed by atoms with E-state index in [1.54, 1.807) is 21.0 Å². The second-order valence-electron chi connectivity index (χ2n) is 10.6. The summed E-state index contributed by atoms with van der Waals surface area (Å²) in [6.07, 6.45) is 0.382. The number of hydrogen-bond donors (Lipinski definition) is 7. The highest BCUT2D eigenvalue weighted by Gasteiger charge is 2.63. The summed E-state index contributed by atoms with van der Waals surface area (Å²) in [4.78, 5) is 40.8. The highest BCUT2D eigenvalue weighted by Crippen LogP contribution is 2.55. The van der Waals surface area contributed by atoms with Crippen molar-refractivity contribution in [3.05, 3.63) is 39.4 Å². The fraction of sp³-hybridized carbons (Fsp3) is 0.500. The number of nitrogens with one attached hydrogen (secondary N) is 2. The SMILES string of the molecule is CCN[C@@H]1C(=O)C(C(N)=O)=C(O)[C@@]2(O)C(=O)C3=C(O)c4c(O)c5c(c(F)c4C[C@H]3C[C@@H]12)C(N(C)C)CCN5. The number of rotatable bonds is 4. The van der Waals surface area contributed by atoms with E-state index in [0.29, 0.717) is 13.0 Å². The van der Waals surface area contributed by atoms with Crippen LogP contribution in [0.25, 0.3) is 5.76 Å². The van der Waals surface area contributed by atoms with Crippen LogP contribution >= 0.6 is 0 Å². The number of aliphatic hydroxyl groups is 3. The number of hydrogen-bond acceptors (Lipinski definition) is 10. The summed E-state index contributed by atoms with van der Waals surface area (Å²) in [5.74, 6) is -8.27. The lowest BCUT2D eigenvalue weighted by atomic mass is 9.57. The maximum atomic E-state index is 16.1. The number of primary amides is 1. The number of phenols is 1. The van der Waals surface area contributed by atoms with E-state index >= 15 is 4.39 Å². The number of amides is 1. The van der Waals surface area contributed by atoms with E-state index in [4.69, 9.17) is 5.73 Å². The standard InChI is InChI=1S/C26H31FN4O7/c1-4-29-18-11-8-9-7-10-14(21(33)19-15(17(10)27)12(31(2)3)5-6-30-19)20(32)13(9)23(35)26(11,38)24(36)16(22(18)34)25(28)37/h9,11-12,18,29-30,32-33,36,38H,4-8H2,1-3H3,(H2,28,37)/t9-,11-,12?,18-,26-/m0/s1. The molecule has 1 heterocycles. The summed E-state index contributed by atoms with van der Waals surface area (Å²) in [5.41, 5.74) is 1.52. The number of nitrogens with two attached hydrogens (primary N) is 1. The molecule has 204 valence electrons. The van der Waals surface area contributed by atoms with E-state index in [1.807, 2.05) is 4.90 Å². The molecule has 38 heavy (non-hydrogen) atoms. The molecule has 5 atom stereocenters. The molecule has 12 heteroatoms. The lowest BCUT2D eigenvalue weighted by molar-refractivity contribution is -0.150. The highest BCUT2D eigenvalue weighted by atomic mass is 19.1. The third-order valence-electron chi connectivity index (χ3n) is 8.44. The second kappa shape index (κ2) is 8.79. The Balaban J connectivity index is 1.74. The number of carbonyl (C=O) groups is 3. The van der Waals surface area contributed by atoms with Crippen molar-refractivity contribution in [2.45, 2.75) is 43.9 Å². The quantitative estimate of drug-likeness (QED) is 0.214. The van der Waals surface area contributed by atoms with Crippen LogP contribution in [0.2, 0.25) is 0 Å². The number of ketones is 2. The summed E-state index contributed by atoms with van der Waals surface area (Å²) in [6, 6.07) is -1.57. The lowest BCUT2D eigenvalue weighted by Crippen LogP contribution is -2.66.